The third-order valence-electron chi connectivity index (χ3n) is 4.09. The molecular weight excluding hydrogens is 362 g/mol. The second-order valence-electron chi connectivity index (χ2n) is 7.33. The number of benzene rings is 2. The number of esters is 1. The predicted octanol–water partition coefficient (Wildman–Crippen LogP) is 4.28. The normalized spacial score (nSPS) is 12.2. The summed E-state index contributed by atoms with van der Waals surface area (Å²) in [6, 6.07) is 12.1. The van der Waals surface area contributed by atoms with E-state index in [1.165, 1.54) is 13.2 Å². The molecule has 0 heterocycles. The molecule has 0 aliphatic rings. The van der Waals surface area contributed by atoms with E-state index in [1.54, 1.807) is 36.4 Å². The summed E-state index contributed by atoms with van der Waals surface area (Å²) in [7, 11) is -2.45. The number of hydrogen-bond acceptors (Lipinski definition) is 4. The van der Waals surface area contributed by atoms with Crippen LogP contribution in [0, 0.1) is 6.92 Å². The van der Waals surface area contributed by atoms with Gasteiger partial charge in [-0.15, -0.1) is 0 Å². The van der Waals surface area contributed by atoms with Crippen LogP contribution in [-0.2, 0) is 25.0 Å². The van der Waals surface area contributed by atoms with Gasteiger partial charge in [-0.25, -0.2) is 13.2 Å². The van der Waals surface area contributed by atoms with Gasteiger partial charge >= 0.3 is 5.97 Å². The van der Waals surface area contributed by atoms with E-state index in [1.807, 2.05) is 19.1 Å². The van der Waals surface area contributed by atoms with Gasteiger partial charge in [0.15, 0.2) is 0 Å². The van der Waals surface area contributed by atoms with Gasteiger partial charge in [0.1, 0.15) is 0 Å². The highest BCUT2D eigenvalue weighted by molar-refractivity contribution is 7.92. The number of sulfonamides is 1. The molecule has 2 rings (SSSR count). The van der Waals surface area contributed by atoms with Gasteiger partial charge in [0.25, 0.3) is 10.0 Å². The lowest BCUT2D eigenvalue weighted by Crippen LogP contribution is -2.15. The van der Waals surface area contributed by atoms with Crippen molar-refractivity contribution in [2.24, 2.45) is 0 Å². The maximum absolute atomic E-state index is 12.7. The van der Waals surface area contributed by atoms with E-state index in [-0.39, 0.29) is 10.3 Å². The van der Waals surface area contributed by atoms with Crippen LogP contribution in [0.1, 0.15) is 37.5 Å². The smallest absolute Gasteiger partial charge is 0.330 e. The second-order valence-corrected chi connectivity index (χ2v) is 9.01. The van der Waals surface area contributed by atoms with Crippen molar-refractivity contribution in [2.45, 2.75) is 38.0 Å². The Labute approximate surface area is 161 Å². The predicted molar refractivity (Wildman–Crippen MR) is 108 cm³/mol. The molecule has 0 aliphatic heterocycles. The fourth-order valence-electron chi connectivity index (χ4n) is 2.41. The zero-order valence-electron chi connectivity index (χ0n) is 16.2. The first kappa shape index (κ1) is 20.7. The van der Waals surface area contributed by atoms with E-state index >= 15 is 0 Å². The fourth-order valence-corrected chi connectivity index (χ4v) is 3.49. The summed E-state index contributed by atoms with van der Waals surface area (Å²) < 4.78 is 32.7. The summed E-state index contributed by atoms with van der Waals surface area (Å²) in [6.45, 7) is 8.08. The molecular formula is C21H25NO4S. The van der Waals surface area contributed by atoms with Gasteiger partial charge in [0.05, 0.1) is 17.7 Å². The maximum Gasteiger partial charge on any atom is 0.330 e. The molecule has 6 heteroatoms. The first-order chi connectivity index (χ1) is 12.5. The molecule has 0 bridgehead atoms. The lowest BCUT2D eigenvalue weighted by atomic mass is 9.86. The molecule has 5 nitrogen and oxygen atoms in total. The molecule has 0 saturated carbocycles. The number of carbonyl (C=O) groups excluding carboxylic acids is 1. The Morgan fingerprint density at radius 2 is 1.70 bits per heavy atom. The Kier molecular flexibility index (Phi) is 6.11. The number of nitrogens with one attached hydrogen (secondary N) is 1. The van der Waals surface area contributed by atoms with Gasteiger partial charge in [0, 0.05) is 6.08 Å². The van der Waals surface area contributed by atoms with Gasteiger partial charge in [-0.2, -0.15) is 0 Å². The van der Waals surface area contributed by atoms with E-state index < -0.39 is 16.0 Å². The molecule has 0 radical (unpaired) electrons. The number of carbonyl (C=O) groups is 1. The molecule has 0 atom stereocenters. The van der Waals surface area contributed by atoms with Crippen molar-refractivity contribution in [3.63, 3.8) is 0 Å². The topological polar surface area (TPSA) is 72.5 Å². The summed E-state index contributed by atoms with van der Waals surface area (Å²) in [6.07, 6.45) is 2.82. The van der Waals surface area contributed by atoms with Crippen molar-refractivity contribution in [3.05, 3.63) is 65.2 Å². The van der Waals surface area contributed by atoms with E-state index in [0.29, 0.717) is 11.3 Å². The highest BCUT2D eigenvalue weighted by Gasteiger charge is 2.18. The van der Waals surface area contributed by atoms with Crippen LogP contribution in [0.25, 0.3) is 6.08 Å². The van der Waals surface area contributed by atoms with Gasteiger partial charge < -0.3 is 4.74 Å². The van der Waals surface area contributed by atoms with Crippen LogP contribution >= 0.6 is 0 Å². The molecule has 0 unspecified atom stereocenters. The molecule has 0 fully saturated rings. The molecule has 27 heavy (non-hydrogen) atoms. The van der Waals surface area contributed by atoms with Crippen molar-refractivity contribution >= 4 is 27.8 Å². The maximum atomic E-state index is 12.7. The van der Waals surface area contributed by atoms with Gasteiger partial charge in [0.2, 0.25) is 0 Å². The van der Waals surface area contributed by atoms with E-state index in [4.69, 9.17) is 0 Å². The van der Waals surface area contributed by atoms with Crippen LogP contribution in [0.3, 0.4) is 0 Å². The molecule has 0 aliphatic carbocycles. The SMILES string of the molecule is COC(=O)/C=C/c1cc(C(C)(C)C)ccc1NS(=O)(=O)c1ccc(C)cc1. The van der Waals surface area contributed by atoms with Gasteiger partial charge in [-0.3, -0.25) is 4.72 Å². The van der Waals surface area contributed by atoms with Crippen LogP contribution in [0.2, 0.25) is 0 Å². The van der Waals surface area contributed by atoms with E-state index in [2.05, 4.69) is 30.2 Å². The summed E-state index contributed by atoms with van der Waals surface area (Å²) in [4.78, 5) is 11.6. The van der Waals surface area contributed by atoms with Crippen molar-refractivity contribution < 1.29 is 17.9 Å². The summed E-state index contributed by atoms with van der Waals surface area (Å²) in [5.41, 5.74) is 2.85. The highest BCUT2D eigenvalue weighted by atomic mass is 32.2. The van der Waals surface area contributed by atoms with Crippen LogP contribution in [0.15, 0.2) is 53.4 Å². The quantitative estimate of drug-likeness (QED) is 0.614. The molecule has 2 aromatic carbocycles. The Hall–Kier alpha value is -2.60. The van der Waals surface area contributed by atoms with Crippen LogP contribution in [0.5, 0.6) is 0 Å². The number of aryl methyl sites for hydroxylation is 1. The zero-order valence-corrected chi connectivity index (χ0v) is 17.1. The van der Waals surface area contributed by atoms with Gasteiger partial charge in [-0.05, 0) is 53.8 Å². The van der Waals surface area contributed by atoms with E-state index in [0.717, 1.165) is 11.1 Å². The molecule has 0 aromatic heterocycles. The number of hydrogen-bond donors (Lipinski definition) is 1. The minimum Gasteiger partial charge on any atom is -0.466 e. The Morgan fingerprint density at radius 1 is 1.07 bits per heavy atom. The van der Waals surface area contributed by atoms with Crippen molar-refractivity contribution in [3.8, 4) is 0 Å². The second kappa shape index (κ2) is 7.96. The Bertz CT molecular complexity index is 953. The minimum absolute atomic E-state index is 0.123. The third-order valence-corrected chi connectivity index (χ3v) is 5.47. The number of ether oxygens (including phenoxy) is 1. The Morgan fingerprint density at radius 3 is 2.26 bits per heavy atom. The molecule has 0 saturated heterocycles. The Balaban J connectivity index is 2.46. The average molecular weight is 388 g/mol. The standard InChI is InChI=1S/C21H25NO4S/c1-15-6-10-18(11-7-15)27(24,25)22-19-12-9-17(21(2,3)4)14-16(19)8-13-20(23)26-5/h6-14,22H,1-5H3/b13-8+. The molecule has 0 spiro atoms. The number of anilines is 1. The van der Waals surface area contributed by atoms with Crippen molar-refractivity contribution in [2.75, 3.05) is 11.8 Å². The molecule has 0 amide bonds. The van der Waals surface area contributed by atoms with Gasteiger partial charge in [-0.1, -0.05) is 44.5 Å². The van der Waals surface area contributed by atoms with Crippen molar-refractivity contribution in [1.29, 1.82) is 0 Å². The number of rotatable bonds is 5. The zero-order chi connectivity index (χ0) is 20.2. The highest BCUT2D eigenvalue weighted by Crippen LogP contribution is 2.29. The van der Waals surface area contributed by atoms with Crippen molar-refractivity contribution in [1.82, 2.24) is 0 Å². The first-order valence-corrected chi connectivity index (χ1v) is 10.0. The lowest BCUT2D eigenvalue weighted by Gasteiger charge is -2.21. The monoisotopic (exact) mass is 387 g/mol. The lowest BCUT2D eigenvalue weighted by molar-refractivity contribution is -0.134. The molecule has 2 aromatic rings. The molecule has 144 valence electrons. The summed E-state index contributed by atoms with van der Waals surface area (Å²) in [5.74, 6) is -0.511. The van der Waals surface area contributed by atoms with E-state index in [9.17, 15) is 13.2 Å². The van der Waals surface area contributed by atoms with Crippen LogP contribution in [-0.4, -0.2) is 21.5 Å². The average Bonchev–Trinajstić information content (AvgIpc) is 2.59. The largest absolute Gasteiger partial charge is 0.466 e. The third kappa shape index (κ3) is 5.44. The van der Waals surface area contributed by atoms with Crippen LogP contribution in [0.4, 0.5) is 5.69 Å². The minimum atomic E-state index is -3.75. The summed E-state index contributed by atoms with van der Waals surface area (Å²) in [5, 5.41) is 0. The number of methoxy groups -OCH3 is 1. The van der Waals surface area contributed by atoms with Crippen LogP contribution < -0.4 is 4.72 Å². The molecule has 1 N–H and O–H groups in total. The fraction of sp³-hybridized carbons (Fsp3) is 0.286. The first-order valence-electron chi connectivity index (χ1n) is 8.53. The summed E-state index contributed by atoms with van der Waals surface area (Å²) >= 11 is 0.